The second-order valence-electron chi connectivity index (χ2n) is 7.82. The highest BCUT2D eigenvalue weighted by Crippen LogP contribution is 2.37. The van der Waals surface area contributed by atoms with Crippen LogP contribution in [-0.4, -0.2) is 23.3 Å². The second-order valence-corrected chi connectivity index (χ2v) is 7.82. The number of allylic oxidation sites excluding steroid dienone is 1. The zero-order chi connectivity index (χ0) is 24.6. The van der Waals surface area contributed by atoms with Gasteiger partial charge in [0.1, 0.15) is 30.7 Å². The van der Waals surface area contributed by atoms with Crippen LogP contribution in [0, 0.1) is 5.92 Å². The zero-order valence-corrected chi connectivity index (χ0v) is 17.5. The van der Waals surface area contributed by atoms with Gasteiger partial charge in [0, 0.05) is 17.0 Å². The largest absolute Gasteiger partial charge is 0.472 e. The number of nitrogens with two attached hydrogens (primary N) is 1. The lowest BCUT2D eigenvalue weighted by Gasteiger charge is -2.22. The molecule has 2 N–H and O–H groups in total. The molecule has 0 fully saturated rings. The number of hydrogen-bond acceptors (Lipinski definition) is 3. The van der Waals surface area contributed by atoms with Gasteiger partial charge in [-0.05, 0) is 36.8 Å². The monoisotopic (exact) mass is 472 g/mol. The van der Waals surface area contributed by atoms with Crippen LogP contribution in [0.15, 0.2) is 64.8 Å². The number of amides is 1. The highest BCUT2D eigenvalue weighted by atomic mass is 19.4. The van der Waals surface area contributed by atoms with E-state index < -0.39 is 39.9 Å². The van der Waals surface area contributed by atoms with Gasteiger partial charge >= 0.3 is 12.4 Å². The van der Waals surface area contributed by atoms with Crippen LogP contribution in [-0.2, 0) is 17.1 Å². The number of quaternary nitrogens is 1. The van der Waals surface area contributed by atoms with Crippen molar-refractivity contribution in [1.82, 2.24) is 0 Å². The van der Waals surface area contributed by atoms with Crippen LogP contribution < -0.4 is 5.73 Å². The Hall–Kier alpha value is -3.34. The Balaban J connectivity index is 2.22. The van der Waals surface area contributed by atoms with Gasteiger partial charge in [-0.15, -0.1) is 4.59 Å². The highest BCUT2D eigenvalue weighted by molar-refractivity contribution is 6.18. The van der Waals surface area contributed by atoms with E-state index in [0.717, 1.165) is 0 Å². The molecule has 0 aliphatic carbocycles. The van der Waals surface area contributed by atoms with E-state index in [2.05, 4.69) is 5.10 Å². The molecule has 0 saturated heterocycles. The van der Waals surface area contributed by atoms with Crippen molar-refractivity contribution in [2.75, 3.05) is 7.05 Å². The quantitative estimate of drug-likeness (QED) is 0.360. The molecule has 1 aromatic heterocycles. The third kappa shape index (κ3) is 5.54. The summed E-state index contributed by atoms with van der Waals surface area (Å²) >= 11 is 0. The van der Waals surface area contributed by atoms with Gasteiger partial charge < -0.3 is 10.2 Å². The fourth-order valence-electron chi connectivity index (χ4n) is 3.43. The average molecular weight is 472 g/mol. The van der Waals surface area contributed by atoms with Gasteiger partial charge in [-0.1, -0.05) is 12.0 Å². The Labute approximate surface area is 185 Å². The van der Waals surface area contributed by atoms with E-state index in [0.29, 0.717) is 24.1 Å². The Morgan fingerprint density at radius 3 is 2.24 bits per heavy atom. The molecule has 2 heterocycles. The molecule has 2 aromatic rings. The number of rotatable bonds is 4. The van der Waals surface area contributed by atoms with Crippen molar-refractivity contribution >= 4 is 17.2 Å². The summed E-state index contributed by atoms with van der Waals surface area (Å²) in [6.45, 7) is 1.64. The second kappa shape index (κ2) is 8.54. The van der Waals surface area contributed by atoms with Gasteiger partial charge in [0.25, 0.3) is 5.91 Å². The first-order valence-corrected chi connectivity index (χ1v) is 9.68. The summed E-state index contributed by atoms with van der Waals surface area (Å²) in [5, 5.41) is 4.46. The molecule has 1 aromatic carbocycles. The lowest BCUT2D eigenvalue weighted by atomic mass is 9.93. The van der Waals surface area contributed by atoms with Crippen molar-refractivity contribution in [3.8, 4) is 0 Å². The number of carbonyl (C=O) groups is 1. The fraction of sp³-hybridized carbons (Fsp3) is 0.273. The predicted octanol–water partition coefficient (Wildman–Crippen LogP) is 5.55. The number of carbonyl (C=O) groups excluding carboxylic acids is 1. The molecular formula is C22H20F6N3O2+. The summed E-state index contributed by atoms with van der Waals surface area (Å²) in [5.41, 5.74) is 2.69. The molecule has 0 bridgehead atoms. The maximum Gasteiger partial charge on any atom is 0.416 e. The first kappa shape index (κ1) is 24.3. The van der Waals surface area contributed by atoms with Gasteiger partial charge in [0.2, 0.25) is 0 Å². The molecule has 0 radical (unpaired) electrons. The van der Waals surface area contributed by atoms with Gasteiger partial charge in [-0.2, -0.15) is 26.3 Å². The minimum Gasteiger partial charge on any atom is -0.472 e. The van der Waals surface area contributed by atoms with Crippen LogP contribution in [0.2, 0.25) is 0 Å². The van der Waals surface area contributed by atoms with Crippen molar-refractivity contribution in [3.63, 3.8) is 0 Å². The van der Waals surface area contributed by atoms with E-state index in [1.54, 1.807) is 19.2 Å². The highest BCUT2D eigenvalue weighted by Gasteiger charge is 2.38. The van der Waals surface area contributed by atoms with Crippen molar-refractivity contribution < 1.29 is 40.1 Å². The van der Waals surface area contributed by atoms with Gasteiger partial charge in [0.15, 0.2) is 0 Å². The molecule has 33 heavy (non-hydrogen) atoms. The van der Waals surface area contributed by atoms with Gasteiger partial charge in [-0.25, -0.2) is 0 Å². The molecule has 1 amide bonds. The Kier molecular flexibility index (Phi) is 6.29. The SMILES string of the molecule is CC1CC=C[N+](C)(C=C(C(N)=O)c2ccoc2)N=C1c1cc(C(F)(F)F)cc(C(F)(F)F)c1. The van der Waals surface area contributed by atoms with E-state index in [1.807, 2.05) is 0 Å². The summed E-state index contributed by atoms with van der Waals surface area (Å²) in [6.07, 6.45) is -2.48. The Morgan fingerprint density at radius 2 is 1.76 bits per heavy atom. The van der Waals surface area contributed by atoms with Crippen LogP contribution >= 0.6 is 0 Å². The summed E-state index contributed by atoms with van der Waals surface area (Å²) < 4.78 is 84.6. The molecule has 2 atom stereocenters. The fourth-order valence-corrected chi connectivity index (χ4v) is 3.43. The number of halogens is 6. The lowest BCUT2D eigenvalue weighted by Crippen LogP contribution is -2.30. The molecule has 3 rings (SSSR count). The number of alkyl halides is 6. The molecule has 1 aliphatic heterocycles. The number of furan rings is 1. The number of nitrogens with zero attached hydrogens (tertiary/aromatic N) is 2. The van der Waals surface area contributed by atoms with Crippen LogP contribution in [0.4, 0.5) is 26.3 Å². The van der Waals surface area contributed by atoms with Crippen LogP contribution in [0.25, 0.3) is 5.57 Å². The standard InChI is InChI=1S/C22H19F6N3O2/c1-13-4-3-6-31(2,11-18(20(29)32)14-5-7-33-12-14)30-19(13)15-8-16(21(23,24)25)10-17(9-15)22(26,27)28/h3,5-13H,4H2,1-2H3,(H-,29,32)/p+1. The van der Waals surface area contributed by atoms with Crippen molar-refractivity contribution in [1.29, 1.82) is 0 Å². The lowest BCUT2D eigenvalue weighted by molar-refractivity contribution is -0.812. The summed E-state index contributed by atoms with van der Waals surface area (Å²) in [6, 6.07) is 2.85. The molecule has 11 heteroatoms. The summed E-state index contributed by atoms with van der Waals surface area (Å²) in [4.78, 5) is 12.0. The Bertz CT molecular complexity index is 1100. The molecule has 1 aliphatic rings. The molecule has 2 unspecified atom stereocenters. The Morgan fingerprint density at radius 1 is 1.15 bits per heavy atom. The average Bonchev–Trinajstić information content (AvgIpc) is 3.18. The number of primary amides is 1. The van der Waals surface area contributed by atoms with Gasteiger partial charge in [0.05, 0.1) is 23.7 Å². The minimum absolute atomic E-state index is 0.0198. The number of benzene rings is 1. The molecule has 0 spiro atoms. The molecule has 5 nitrogen and oxygen atoms in total. The smallest absolute Gasteiger partial charge is 0.416 e. The summed E-state index contributed by atoms with van der Waals surface area (Å²) in [7, 11) is 1.51. The molecule has 176 valence electrons. The molecular weight excluding hydrogens is 452 g/mol. The third-order valence-corrected chi connectivity index (χ3v) is 5.06. The van der Waals surface area contributed by atoms with E-state index in [-0.39, 0.29) is 22.9 Å². The minimum atomic E-state index is -4.98. The van der Waals surface area contributed by atoms with Crippen molar-refractivity contribution in [3.05, 3.63) is 77.5 Å². The van der Waals surface area contributed by atoms with Crippen LogP contribution in [0.5, 0.6) is 0 Å². The van der Waals surface area contributed by atoms with E-state index in [9.17, 15) is 31.1 Å². The maximum atomic E-state index is 13.4. The first-order chi connectivity index (χ1) is 15.2. The van der Waals surface area contributed by atoms with Crippen LogP contribution in [0.1, 0.15) is 35.6 Å². The maximum absolute atomic E-state index is 13.4. The summed E-state index contributed by atoms with van der Waals surface area (Å²) in [5.74, 6) is -1.32. The predicted molar refractivity (Wildman–Crippen MR) is 108 cm³/mol. The van der Waals surface area contributed by atoms with Crippen molar-refractivity contribution in [2.24, 2.45) is 16.8 Å². The van der Waals surface area contributed by atoms with E-state index in [4.69, 9.17) is 10.2 Å². The van der Waals surface area contributed by atoms with Crippen molar-refractivity contribution in [2.45, 2.75) is 25.7 Å². The normalized spacial score (nSPS) is 22.1. The number of hydrogen-bond donors (Lipinski definition) is 1. The zero-order valence-electron chi connectivity index (χ0n) is 17.5. The topological polar surface area (TPSA) is 68.6 Å². The van der Waals surface area contributed by atoms with Crippen LogP contribution in [0.3, 0.4) is 0 Å². The third-order valence-electron chi connectivity index (χ3n) is 5.06. The van der Waals surface area contributed by atoms with Gasteiger partial charge in [-0.3, -0.25) is 4.79 Å². The molecule has 0 saturated carbocycles. The van der Waals surface area contributed by atoms with E-state index in [1.165, 1.54) is 31.8 Å². The van der Waals surface area contributed by atoms with E-state index >= 15 is 0 Å². The first-order valence-electron chi connectivity index (χ1n) is 9.68.